The molecule has 70 valence electrons. The van der Waals surface area contributed by atoms with Crippen LogP contribution in [-0.4, -0.2) is 17.9 Å². The molecule has 0 saturated heterocycles. The van der Waals surface area contributed by atoms with Gasteiger partial charge in [0.25, 0.3) is 5.91 Å². The van der Waals surface area contributed by atoms with E-state index in [0.29, 0.717) is 0 Å². The first-order chi connectivity index (χ1) is 6.06. The first-order valence-electron chi connectivity index (χ1n) is 3.30. The lowest BCUT2D eigenvalue weighted by Gasteiger charge is -2.04. The Morgan fingerprint density at radius 2 is 2.08 bits per heavy atom. The van der Waals surface area contributed by atoms with Crippen LogP contribution in [0.3, 0.4) is 0 Å². The zero-order valence-corrected chi connectivity index (χ0v) is 8.83. The minimum absolute atomic E-state index is 0.00292. The molecule has 0 saturated carbocycles. The summed E-state index contributed by atoms with van der Waals surface area (Å²) < 4.78 is 0. The number of hydrogen-bond acceptors (Lipinski definition) is 2. The molecule has 3 nitrogen and oxygen atoms in total. The van der Waals surface area contributed by atoms with Crippen molar-refractivity contribution in [2.24, 2.45) is 0 Å². The number of carbonyl (C=O) groups is 1. The number of nitrogens with one attached hydrogen (secondary N) is 1. The summed E-state index contributed by atoms with van der Waals surface area (Å²) in [5.74, 6) is -0.390. The minimum atomic E-state index is -0.390. The van der Waals surface area contributed by atoms with E-state index in [1.165, 1.54) is 13.1 Å². The van der Waals surface area contributed by atoms with Gasteiger partial charge in [0.15, 0.2) is 0 Å². The van der Waals surface area contributed by atoms with Gasteiger partial charge in [-0.3, -0.25) is 4.79 Å². The number of nitrogens with zero attached hydrogens (tertiary/aromatic N) is 1. The molecule has 13 heavy (non-hydrogen) atoms. The summed E-state index contributed by atoms with van der Waals surface area (Å²) in [4.78, 5) is 14.9. The van der Waals surface area contributed by atoms with Crippen molar-refractivity contribution >= 4 is 40.7 Å². The molecular formula is C7H5Cl3N2O. The van der Waals surface area contributed by atoms with Crippen LogP contribution < -0.4 is 5.32 Å². The topological polar surface area (TPSA) is 42.0 Å². The molecule has 0 spiro atoms. The SMILES string of the molecule is CNC(=O)c1c(Cl)cc(Cl)nc1Cl. The smallest absolute Gasteiger partial charge is 0.255 e. The zero-order chi connectivity index (χ0) is 10.0. The van der Waals surface area contributed by atoms with Crippen LogP contribution in [0.1, 0.15) is 10.4 Å². The van der Waals surface area contributed by atoms with Gasteiger partial charge in [-0.25, -0.2) is 4.98 Å². The Hall–Kier alpha value is -0.510. The largest absolute Gasteiger partial charge is 0.355 e. The Balaban J connectivity index is 3.28. The van der Waals surface area contributed by atoms with Crippen LogP contribution in [-0.2, 0) is 0 Å². The average Bonchev–Trinajstić information content (AvgIpc) is 2.02. The summed E-state index contributed by atoms with van der Waals surface area (Å²) in [5.41, 5.74) is 0.134. The van der Waals surface area contributed by atoms with E-state index in [2.05, 4.69) is 10.3 Å². The number of pyridine rings is 1. The molecule has 1 rings (SSSR count). The molecule has 0 unspecified atom stereocenters. The maximum Gasteiger partial charge on any atom is 0.255 e. The number of aromatic nitrogens is 1. The second kappa shape index (κ2) is 4.13. The van der Waals surface area contributed by atoms with E-state index < -0.39 is 0 Å². The number of amides is 1. The first-order valence-corrected chi connectivity index (χ1v) is 4.43. The molecule has 1 heterocycles. The number of halogens is 3. The summed E-state index contributed by atoms with van der Waals surface area (Å²) >= 11 is 17.0. The van der Waals surface area contributed by atoms with Gasteiger partial charge in [0.1, 0.15) is 10.3 Å². The van der Waals surface area contributed by atoms with Crippen LogP contribution in [0.5, 0.6) is 0 Å². The minimum Gasteiger partial charge on any atom is -0.355 e. The van der Waals surface area contributed by atoms with E-state index in [-0.39, 0.29) is 26.8 Å². The lowest BCUT2D eigenvalue weighted by atomic mass is 10.2. The van der Waals surface area contributed by atoms with Crippen molar-refractivity contribution in [2.45, 2.75) is 0 Å². The Kier molecular flexibility index (Phi) is 3.36. The highest BCUT2D eigenvalue weighted by Gasteiger charge is 2.15. The van der Waals surface area contributed by atoms with Gasteiger partial charge >= 0.3 is 0 Å². The van der Waals surface area contributed by atoms with E-state index >= 15 is 0 Å². The third-order valence-corrected chi connectivity index (χ3v) is 2.12. The number of hydrogen-bond donors (Lipinski definition) is 1. The summed E-state index contributed by atoms with van der Waals surface area (Å²) in [6.07, 6.45) is 0. The highest BCUT2D eigenvalue weighted by molar-refractivity contribution is 6.40. The van der Waals surface area contributed by atoms with Gasteiger partial charge in [-0.15, -0.1) is 0 Å². The molecule has 0 aliphatic heterocycles. The fourth-order valence-electron chi connectivity index (χ4n) is 0.784. The number of rotatable bonds is 1. The Bertz CT molecular complexity index is 331. The molecule has 1 amide bonds. The molecule has 0 aliphatic carbocycles. The first kappa shape index (κ1) is 10.6. The van der Waals surface area contributed by atoms with Crippen molar-refractivity contribution in [2.75, 3.05) is 7.05 Å². The predicted molar refractivity (Wildman–Crippen MR) is 52.7 cm³/mol. The van der Waals surface area contributed by atoms with Crippen molar-refractivity contribution in [3.8, 4) is 0 Å². The second-order valence-electron chi connectivity index (χ2n) is 2.17. The maximum absolute atomic E-state index is 11.2. The van der Waals surface area contributed by atoms with Crippen molar-refractivity contribution in [3.05, 3.63) is 27.0 Å². The zero-order valence-electron chi connectivity index (χ0n) is 6.57. The maximum atomic E-state index is 11.2. The van der Waals surface area contributed by atoms with E-state index in [1.54, 1.807) is 0 Å². The van der Waals surface area contributed by atoms with Gasteiger partial charge in [-0.05, 0) is 6.07 Å². The molecule has 0 aromatic carbocycles. The Morgan fingerprint density at radius 1 is 1.46 bits per heavy atom. The normalized spacial score (nSPS) is 9.85. The molecule has 0 fully saturated rings. The number of carbonyl (C=O) groups excluding carboxylic acids is 1. The fraction of sp³-hybridized carbons (Fsp3) is 0.143. The van der Waals surface area contributed by atoms with Gasteiger partial charge in [-0.2, -0.15) is 0 Å². The van der Waals surface area contributed by atoms with Crippen molar-refractivity contribution in [1.82, 2.24) is 10.3 Å². The predicted octanol–water partition coefficient (Wildman–Crippen LogP) is 2.40. The van der Waals surface area contributed by atoms with E-state index in [1.807, 2.05) is 0 Å². The molecular weight excluding hydrogens is 234 g/mol. The molecule has 1 aromatic rings. The molecule has 0 aliphatic rings. The molecule has 1 aromatic heterocycles. The lowest BCUT2D eigenvalue weighted by Crippen LogP contribution is -2.19. The van der Waals surface area contributed by atoms with E-state index in [0.717, 1.165) is 0 Å². The van der Waals surface area contributed by atoms with Crippen LogP contribution in [0.25, 0.3) is 0 Å². The molecule has 0 bridgehead atoms. The van der Waals surface area contributed by atoms with Crippen molar-refractivity contribution < 1.29 is 4.79 Å². The molecule has 0 radical (unpaired) electrons. The quantitative estimate of drug-likeness (QED) is 0.765. The summed E-state index contributed by atoms with van der Waals surface area (Å²) in [6.45, 7) is 0. The van der Waals surface area contributed by atoms with E-state index in [9.17, 15) is 4.79 Å². The van der Waals surface area contributed by atoms with Crippen LogP contribution >= 0.6 is 34.8 Å². The van der Waals surface area contributed by atoms with Gasteiger partial charge in [0.2, 0.25) is 0 Å². The highest BCUT2D eigenvalue weighted by atomic mass is 35.5. The third-order valence-electron chi connectivity index (χ3n) is 1.35. The molecule has 6 heteroatoms. The van der Waals surface area contributed by atoms with Crippen LogP contribution in [0.2, 0.25) is 15.3 Å². The van der Waals surface area contributed by atoms with Crippen LogP contribution in [0.15, 0.2) is 6.07 Å². The molecule has 1 N–H and O–H groups in total. The summed E-state index contributed by atoms with van der Waals surface area (Å²) in [5, 5.41) is 2.73. The van der Waals surface area contributed by atoms with Gasteiger partial charge in [0.05, 0.1) is 10.6 Å². The van der Waals surface area contributed by atoms with Crippen molar-refractivity contribution in [3.63, 3.8) is 0 Å². The van der Waals surface area contributed by atoms with Gasteiger partial charge in [0, 0.05) is 7.05 Å². The lowest BCUT2D eigenvalue weighted by molar-refractivity contribution is 0.0963. The summed E-state index contributed by atoms with van der Waals surface area (Å²) in [6, 6.07) is 1.36. The Morgan fingerprint density at radius 3 is 2.54 bits per heavy atom. The van der Waals surface area contributed by atoms with E-state index in [4.69, 9.17) is 34.8 Å². The second-order valence-corrected chi connectivity index (χ2v) is 3.32. The van der Waals surface area contributed by atoms with Gasteiger partial charge in [-0.1, -0.05) is 34.8 Å². The fourth-order valence-corrected chi connectivity index (χ4v) is 1.68. The van der Waals surface area contributed by atoms with Crippen molar-refractivity contribution in [1.29, 1.82) is 0 Å². The van der Waals surface area contributed by atoms with Crippen LogP contribution in [0, 0.1) is 0 Å². The monoisotopic (exact) mass is 238 g/mol. The summed E-state index contributed by atoms with van der Waals surface area (Å²) in [7, 11) is 1.48. The molecule has 0 atom stereocenters. The average molecular weight is 239 g/mol. The highest BCUT2D eigenvalue weighted by Crippen LogP contribution is 2.25. The Labute approximate surface area is 90.0 Å². The third kappa shape index (κ3) is 2.24. The van der Waals surface area contributed by atoms with Crippen LogP contribution in [0.4, 0.5) is 0 Å². The standard InChI is InChI=1S/C7H5Cl3N2O/c1-11-7(13)5-3(8)2-4(9)12-6(5)10/h2H,1H3,(H,11,13). The van der Waals surface area contributed by atoms with Gasteiger partial charge < -0.3 is 5.32 Å².